The number of aromatic nitrogens is 3. The lowest BCUT2D eigenvalue weighted by atomic mass is 10.1. The molecule has 0 saturated carbocycles. The largest absolute Gasteiger partial charge is 0.461 e. The second-order valence-electron chi connectivity index (χ2n) is 4.83. The molecule has 0 spiro atoms. The Kier molecular flexibility index (Phi) is 7.17. The van der Waals surface area contributed by atoms with Crippen LogP contribution in [-0.4, -0.2) is 40.8 Å². The molecule has 0 aliphatic carbocycles. The van der Waals surface area contributed by atoms with Crippen LogP contribution in [0, 0.1) is 5.92 Å². The zero-order valence-electron chi connectivity index (χ0n) is 12.5. The summed E-state index contributed by atoms with van der Waals surface area (Å²) in [5.41, 5.74) is 6.42. The van der Waals surface area contributed by atoms with E-state index >= 15 is 0 Å². The van der Waals surface area contributed by atoms with Crippen molar-refractivity contribution in [2.45, 2.75) is 40.3 Å². The molecule has 20 heavy (non-hydrogen) atoms. The number of esters is 1. The lowest BCUT2D eigenvalue weighted by molar-refractivity contribution is 0.0517. The minimum Gasteiger partial charge on any atom is -0.461 e. The van der Waals surface area contributed by atoms with Gasteiger partial charge in [-0.15, -0.1) is 5.10 Å². The molecular formula is C13H24N4O3. The second-order valence-corrected chi connectivity index (χ2v) is 4.83. The number of rotatable bonds is 9. The first-order valence-corrected chi connectivity index (χ1v) is 6.97. The first-order chi connectivity index (χ1) is 9.60. The predicted molar refractivity (Wildman–Crippen MR) is 74.1 cm³/mol. The topological polar surface area (TPSA) is 92.3 Å². The Morgan fingerprint density at radius 1 is 1.40 bits per heavy atom. The molecule has 1 heterocycles. The molecule has 0 aromatic carbocycles. The maximum atomic E-state index is 11.7. The van der Waals surface area contributed by atoms with Crippen LogP contribution in [0.5, 0.6) is 0 Å². The zero-order valence-corrected chi connectivity index (χ0v) is 12.5. The van der Waals surface area contributed by atoms with Gasteiger partial charge in [-0.25, -0.2) is 9.48 Å². The van der Waals surface area contributed by atoms with Crippen LogP contribution in [0.15, 0.2) is 0 Å². The van der Waals surface area contributed by atoms with Gasteiger partial charge in [-0.05, 0) is 19.3 Å². The fraction of sp³-hybridized carbons (Fsp3) is 0.769. The highest BCUT2D eigenvalue weighted by Crippen LogP contribution is 2.07. The summed E-state index contributed by atoms with van der Waals surface area (Å²) in [4.78, 5) is 11.7. The number of carbonyl (C=O) groups is 1. The molecule has 0 fully saturated rings. The van der Waals surface area contributed by atoms with Gasteiger partial charge in [0.05, 0.1) is 25.5 Å². The molecule has 0 amide bonds. The average molecular weight is 284 g/mol. The van der Waals surface area contributed by atoms with E-state index in [9.17, 15) is 4.79 Å². The van der Waals surface area contributed by atoms with Gasteiger partial charge in [-0.1, -0.05) is 19.1 Å². The van der Waals surface area contributed by atoms with Crippen molar-refractivity contribution in [1.82, 2.24) is 15.0 Å². The maximum Gasteiger partial charge on any atom is 0.360 e. The summed E-state index contributed by atoms with van der Waals surface area (Å²) in [6, 6.07) is 0. The van der Waals surface area contributed by atoms with Gasteiger partial charge in [0, 0.05) is 13.2 Å². The third-order valence-electron chi connectivity index (χ3n) is 2.79. The summed E-state index contributed by atoms with van der Waals surface area (Å²) in [6.45, 7) is 8.30. The molecular weight excluding hydrogens is 260 g/mol. The van der Waals surface area contributed by atoms with E-state index in [0.29, 0.717) is 31.4 Å². The van der Waals surface area contributed by atoms with Crippen LogP contribution >= 0.6 is 0 Å². The highest BCUT2D eigenvalue weighted by atomic mass is 16.5. The van der Waals surface area contributed by atoms with Gasteiger partial charge in [0.25, 0.3) is 0 Å². The van der Waals surface area contributed by atoms with Gasteiger partial charge in [0.1, 0.15) is 0 Å². The third kappa shape index (κ3) is 4.90. The SMILES string of the molecule is CCOC(=O)c1nnn(CCOCCC(C)C)c1CN. The smallest absolute Gasteiger partial charge is 0.360 e. The molecule has 0 atom stereocenters. The van der Waals surface area contributed by atoms with Crippen molar-refractivity contribution in [2.24, 2.45) is 11.7 Å². The molecule has 0 aliphatic rings. The number of hydrogen-bond donors (Lipinski definition) is 1. The second kappa shape index (κ2) is 8.65. The molecule has 0 saturated heterocycles. The standard InChI is InChI=1S/C13H24N4O3/c1-4-20-13(18)12-11(9-14)17(16-15-12)6-8-19-7-5-10(2)3/h10H,4-9,14H2,1-3H3. The number of nitrogens with zero attached hydrogens (tertiary/aromatic N) is 3. The molecule has 7 nitrogen and oxygen atoms in total. The fourth-order valence-electron chi connectivity index (χ4n) is 1.64. The van der Waals surface area contributed by atoms with E-state index in [1.807, 2.05) is 0 Å². The van der Waals surface area contributed by atoms with E-state index in [1.54, 1.807) is 11.6 Å². The maximum absolute atomic E-state index is 11.7. The van der Waals surface area contributed by atoms with Crippen LogP contribution in [0.4, 0.5) is 0 Å². The monoisotopic (exact) mass is 284 g/mol. The molecule has 1 aromatic rings. The Bertz CT molecular complexity index is 418. The van der Waals surface area contributed by atoms with Crippen molar-refractivity contribution >= 4 is 5.97 Å². The van der Waals surface area contributed by atoms with Crippen LogP contribution < -0.4 is 5.73 Å². The molecule has 1 rings (SSSR count). The highest BCUT2D eigenvalue weighted by Gasteiger charge is 2.19. The summed E-state index contributed by atoms with van der Waals surface area (Å²) in [6.07, 6.45) is 1.02. The summed E-state index contributed by atoms with van der Waals surface area (Å²) < 4.78 is 12.0. The molecule has 7 heteroatoms. The number of carbonyl (C=O) groups excluding carboxylic acids is 1. The van der Waals surface area contributed by atoms with E-state index < -0.39 is 5.97 Å². The van der Waals surface area contributed by atoms with Crippen molar-refractivity contribution in [3.8, 4) is 0 Å². The minimum absolute atomic E-state index is 0.188. The van der Waals surface area contributed by atoms with E-state index in [4.69, 9.17) is 15.2 Å². The summed E-state index contributed by atoms with van der Waals surface area (Å²) in [5.74, 6) is 0.135. The molecule has 2 N–H and O–H groups in total. The zero-order chi connectivity index (χ0) is 15.0. The van der Waals surface area contributed by atoms with E-state index in [-0.39, 0.29) is 12.2 Å². The molecule has 0 aliphatic heterocycles. The molecule has 0 unspecified atom stereocenters. The molecule has 1 aromatic heterocycles. The van der Waals surface area contributed by atoms with Gasteiger partial charge in [0.2, 0.25) is 0 Å². The van der Waals surface area contributed by atoms with Crippen molar-refractivity contribution in [2.75, 3.05) is 19.8 Å². The molecule has 0 bridgehead atoms. The van der Waals surface area contributed by atoms with E-state index in [1.165, 1.54) is 0 Å². The fourth-order valence-corrected chi connectivity index (χ4v) is 1.64. The van der Waals surface area contributed by atoms with Crippen LogP contribution in [0.3, 0.4) is 0 Å². The lowest BCUT2D eigenvalue weighted by Crippen LogP contribution is -2.16. The van der Waals surface area contributed by atoms with Gasteiger partial charge in [-0.3, -0.25) is 0 Å². The number of ether oxygens (including phenoxy) is 2. The Hall–Kier alpha value is -1.47. The Labute approximate surface area is 119 Å². The number of nitrogens with two attached hydrogens (primary N) is 1. The Balaban J connectivity index is 2.52. The highest BCUT2D eigenvalue weighted by molar-refractivity contribution is 5.88. The molecule has 114 valence electrons. The third-order valence-corrected chi connectivity index (χ3v) is 2.79. The summed E-state index contributed by atoms with van der Waals surface area (Å²) >= 11 is 0. The Morgan fingerprint density at radius 2 is 2.15 bits per heavy atom. The van der Waals surface area contributed by atoms with Gasteiger partial charge in [-0.2, -0.15) is 0 Å². The molecule has 0 radical (unpaired) electrons. The first kappa shape index (κ1) is 16.6. The van der Waals surface area contributed by atoms with Crippen LogP contribution in [-0.2, 0) is 22.6 Å². The number of hydrogen-bond acceptors (Lipinski definition) is 6. The van der Waals surface area contributed by atoms with E-state index in [0.717, 1.165) is 13.0 Å². The van der Waals surface area contributed by atoms with Crippen molar-refractivity contribution in [1.29, 1.82) is 0 Å². The van der Waals surface area contributed by atoms with Crippen molar-refractivity contribution < 1.29 is 14.3 Å². The summed E-state index contributed by atoms with van der Waals surface area (Å²) in [7, 11) is 0. The van der Waals surface area contributed by atoms with Crippen molar-refractivity contribution in [3.63, 3.8) is 0 Å². The quantitative estimate of drug-likeness (QED) is 0.536. The van der Waals surface area contributed by atoms with Gasteiger partial charge < -0.3 is 15.2 Å². The lowest BCUT2D eigenvalue weighted by Gasteiger charge is -2.08. The average Bonchev–Trinajstić information content (AvgIpc) is 2.81. The van der Waals surface area contributed by atoms with Gasteiger partial charge >= 0.3 is 5.97 Å². The van der Waals surface area contributed by atoms with E-state index in [2.05, 4.69) is 24.2 Å². The van der Waals surface area contributed by atoms with Gasteiger partial charge in [0.15, 0.2) is 5.69 Å². The van der Waals surface area contributed by atoms with Crippen LogP contribution in [0.2, 0.25) is 0 Å². The summed E-state index contributed by atoms with van der Waals surface area (Å²) in [5, 5.41) is 7.76. The predicted octanol–water partition coefficient (Wildman–Crippen LogP) is 0.976. The Morgan fingerprint density at radius 3 is 2.75 bits per heavy atom. The normalized spacial score (nSPS) is 11.1. The van der Waals surface area contributed by atoms with Crippen LogP contribution in [0.1, 0.15) is 43.4 Å². The first-order valence-electron chi connectivity index (χ1n) is 6.97. The minimum atomic E-state index is -0.486. The van der Waals surface area contributed by atoms with Crippen LogP contribution in [0.25, 0.3) is 0 Å². The van der Waals surface area contributed by atoms with Crippen molar-refractivity contribution in [3.05, 3.63) is 11.4 Å².